The van der Waals surface area contributed by atoms with Crippen LogP contribution >= 0.6 is 0 Å². The maximum atomic E-state index is 12.8. The molecule has 6 heteroatoms. The van der Waals surface area contributed by atoms with E-state index in [1.165, 1.54) is 19.8 Å². The van der Waals surface area contributed by atoms with Crippen molar-refractivity contribution in [2.75, 3.05) is 27.9 Å². The van der Waals surface area contributed by atoms with Crippen molar-refractivity contribution in [3.63, 3.8) is 0 Å². The minimum absolute atomic E-state index is 0.201. The third-order valence-corrected chi connectivity index (χ3v) is 4.40. The number of allylic oxidation sites excluding steroid dienone is 2. The van der Waals surface area contributed by atoms with Gasteiger partial charge in [-0.05, 0) is 50.3 Å². The van der Waals surface area contributed by atoms with Crippen LogP contribution in [-0.4, -0.2) is 33.7 Å². The van der Waals surface area contributed by atoms with E-state index < -0.39 is 0 Å². The van der Waals surface area contributed by atoms with Gasteiger partial charge in [0.05, 0.1) is 26.9 Å². The Bertz CT molecular complexity index is 983. The van der Waals surface area contributed by atoms with E-state index in [1.807, 2.05) is 19.9 Å². The average Bonchev–Trinajstić information content (AvgIpc) is 3.02. The molecule has 0 N–H and O–H groups in total. The van der Waals surface area contributed by atoms with Crippen LogP contribution in [0.5, 0.6) is 28.7 Å². The lowest BCUT2D eigenvalue weighted by molar-refractivity contribution is 0.101. The molecule has 0 aromatic heterocycles. The molecule has 3 rings (SSSR count). The Morgan fingerprint density at radius 3 is 2.41 bits per heavy atom. The van der Waals surface area contributed by atoms with Crippen molar-refractivity contribution in [3.05, 3.63) is 58.9 Å². The van der Waals surface area contributed by atoms with E-state index in [9.17, 15) is 4.79 Å². The van der Waals surface area contributed by atoms with Crippen LogP contribution in [0.25, 0.3) is 6.08 Å². The Kier molecular flexibility index (Phi) is 6.12. The number of hydrogen-bond donors (Lipinski definition) is 0. The van der Waals surface area contributed by atoms with Crippen LogP contribution in [0, 0.1) is 0 Å². The fraction of sp³-hybridized carbons (Fsp3) is 0.261. The molecule has 0 radical (unpaired) electrons. The molecule has 1 aliphatic rings. The molecule has 0 amide bonds. The summed E-state index contributed by atoms with van der Waals surface area (Å²) in [7, 11) is 4.61. The molecule has 6 nitrogen and oxygen atoms in total. The van der Waals surface area contributed by atoms with Gasteiger partial charge in [-0.3, -0.25) is 4.79 Å². The summed E-state index contributed by atoms with van der Waals surface area (Å²) in [6.45, 7) is 4.47. The van der Waals surface area contributed by atoms with E-state index in [0.717, 1.165) is 0 Å². The molecule has 0 saturated carbocycles. The number of Topliss-reactive ketones (excluding diaryl/α,β-unsaturated/α-hetero) is 1. The van der Waals surface area contributed by atoms with Gasteiger partial charge in [-0.15, -0.1) is 0 Å². The topological polar surface area (TPSA) is 63.2 Å². The fourth-order valence-electron chi connectivity index (χ4n) is 2.94. The number of ketones is 1. The first kappa shape index (κ1) is 20.3. The third-order valence-electron chi connectivity index (χ3n) is 4.40. The molecule has 0 unspecified atom stereocenters. The SMILES string of the molecule is COc1ccc(/C=C2\Oc3cc(OCC=C(C)C)ccc3C2=O)c(OC)c1OC. The van der Waals surface area contributed by atoms with Crippen molar-refractivity contribution in [3.8, 4) is 28.7 Å². The van der Waals surface area contributed by atoms with E-state index in [2.05, 4.69) is 0 Å². The number of rotatable bonds is 7. The van der Waals surface area contributed by atoms with E-state index in [-0.39, 0.29) is 11.5 Å². The van der Waals surface area contributed by atoms with E-state index >= 15 is 0 Å². The van der Waals surface area contributed by atoms with Gasteiger partial charge in [-0.25, -0.2) is 0 Å². The smallest absolute Gasteiger partial charge is 0.231 e. The molecule has 152 valence electrons. The molecule has 2 aromatic rings. The maximum absolute atomic E-state index is 12.8. The zero-order valence-electron chi connectivity index (χ0n) is 17.2. The van der Waals surface area contributed by atoms with Crippen molar-refractivity contribution in [1.29, 1.82) is 0 Å². The van der Waals surface area contributed by atoms with Gasteiger partial charge >= 0.3 is 0 Å². The van der Waals surface area contributed by atoms with Crippen molar-refractivity contribution in [1.82, 2.24) is 0 Å². The normalized spacial score (nSPS) is 13.6. The zero-order valence-corrected chi connectivity index (χ0v) is 17.2. The Balaban J connectivity index is 1.90. The molecule has 2 aromatic carbocycles. The number of fused-ring (bicyclic) bond motifs is 1. The van der Waals surface area contributed by atoms with Crippen LogP contribution in [0.1, 0.15) is 29.8 Å². The highest BCUT2D eigenvalue weighted by Crippen LogP contribution is 2.42. The minimum Gasteiger partial charge on any atom is -0.493 e. The minimum atomic E-state index is -0.201. The van der Waals surface area contributed by atoms with E-state index in [4.69, 9.17) is 23.7 Å². The second kappa shape index (κ2) is 8.73. The van der Waals surface area contributed by atoms with Gasteiger partial charge in [0.2, 0.25) is 11.5 Å². The molecule has 0 spiro atoms. The standard InChI is InChI=1S/C23H24O6/c1-14(2)10-11-28-16-7-8-17-19(13-16)29-20(21(17)24)12-15-6-9-18(25-3)23(27-5)22(15)26-4/h6-10,12-13H,11H2,1-5H3/b20-12-. The van der Waals surface area contributed by atoms with Crippen LogP contribution in [0.2, 0.25) is 0 Å². The summed E-state index contributed by atoms with van der Waals surface area (Å²) in [5.74, 6) is 2.54. The summed E-state index contributed by atoms with van der Waals surface area (Å²) in [5.41, 5.74) is 2.30. The fourth-order valence-corrected chi connectivity index (χ4v) is 2.94. The lowest BCUT2D eigenvalue weighted by atomic mass is 10.1. The quantitative estimate of drug-likeness (QED) is 0.500. The number of ether oxygens (including phenoxy) is 5. The highest BCUT2D eigenvalue weighted by Gasteiger charge is 2.28. The summed E-state index contributed by atoms with van der Waals surface area (Å²) in [4.78, 5) is 12.8. The number of methoxy groups -OCH3 is 3. The molecule has 29 heavy (non-hydrogen) atoms. The first-order valence-corrected chi connectivity index (χ1v) is 9.12. The molecule has 0 fully saturated rings. The summed E-state index contributed by atoms with van der Waals surface area (Å²) >= 11 is 0. The molecular formula is C23H24O6. The van der Waals surface area contributed by atoms with E-state index in [1.54, 1.807) is 43.5 Å². The summed E-state index contributed by atoms with van der Waals surface area (Å²) in [5, 5.41) is 0. The molecule has 0 bridgehead atoms. The summed E-state index contributed by atoms with van der Waals surface area (Å²) in [6, 6.07) is 8.72. The van der Waals surface area contributed by atoms with Crippen molar-refractivity contribution in [2.24, 2.45) is 0 Å². The largest absolute Gasteiger partial charge is 0.493 e. The third kappa shape index (κ3) is 4.21. The van der Waals surface area contributed by atoms with E-state index in [0.29, 0.717) is 46.5 Å². The molecule has 0 saturated heterocycles. The predicted octanol–water partition coefficient (Wildman–Crippen LogP) is 4.67. The zero-order chi connectivity index (χ0) is 21.0. The van der Waals surface area contributed by atoms with Gasteiger partial charge in [0.25, 0.3) is 0 Å². The highest BCUT2D eigenvalue weighted by molar-refractivity contribution is 6.14. The molecule has 1 aliphatic heterocycles. The first-order valence-electron chi connectivity index (χ1n) is 9.12. The molecular weight excluding hydrogens is 372 g/mol. The van der Waals surface area contributed by atoms with Crippen molar-refractivity contribution >= 4 is 11.9 Å². The number of hydrogen-bond acceptors (Lipinski definition) is 6. The maximum Gasteiger partial charge on any atom is 0.231 e. The van der Waals surface area contributed by atoms with Crippen LogP contribution in [0.3, 0.4) is 0 Å². The van der Waals surface area contributed by atoms with Crippen molar-refractivity contribution in [2.45, 2.75) is 13.8 Å². The number of carbonyl (C=O) groups is 1. The Morgan fingerprint density at radius 2 is 1.76 bits per heavy atom. The number of benzene rings is 2. The second-order valence-electron chi connectivity index (χ2n) is 6.61. The van der Waals surface area contributed by atoms with Crippen LogP contribution < -0.4 is 23.7 Å². The van der Waals surface area contributed by atoms with Crippen LogP contribution in [-0.2, 0) is 0 Å². The van der Waals surface area contributed by atoms with Gasteiger partial charge in [0.15, 0.2) is 17.3 Å². The molecule has 0 aliphatic carbocycles. The monoisotopic (exact) mass is 396 g/mol. The van der Waals surface area contributed by atoms with Crippen molar-refractivity contribution < 1.29 is 28.5 Å². The first-order chi connectivity index (χ1) is 14.0. The average molecular weight is 396 g/mol. The summed E-state index contributed by atoms with van der Waals surface area (Å²) in [6.07, 6.45) is 3.61. The Labute approximate surface area is 170 Å². The molecule has 0 atom stereocenters. The lowest BCUT2D eigenvalue weighted by Gasteiger charge is -2.14. The van der Waals surface area contributed by atoms with Crippen LogP contribution in [0.4, 0.5) is 0 Å². The van der Waals surface area contributed by atoms with Crippen LogP contribution in [0.15, 0.2) is 47.7 Å². The molecule has 1 heterocycles. The predicted molar refractivity (Wildman–Crippen MR) is 110 cm³/mol. The van der Waals surface area contributed by atoms with Gasteiger partial charge in [-0.1, -0.05) is 5.57 Å². The van der Waals surface area contributed by atoms with Gasteiger partial charge in [-0.2, -0.15) is 0 Å². The lowest BCUT2D eigenvalue weighted by Crippen LogP contribution is -2.00. The second-order valence-corrected chi connectivity index (χ2v) is 6.61. The highest BCUT2D eigenvalue weighted by atomic mass is 16.5. The van der Waals surface area contributed by atoms with Gasteiger partial charge in [0, 0.05) is 11.6 Å². The van der Waals surface area contributed by atoms with Gasteiger partial charge < -0.3 is 23.7 Å². The Hall–Kier alpha value is -3.41. The number of carbonyl (C=O) groups excluding carboxylic acids is 1. The summed E-state index contributed by atoms with van der Waals surface area (Å²) < 4.78 is 27.7. The van der Waals surface area contributed by atoms with Gasteiger partial charge in [0.1, 0.15) is 18.1 Å². The Morgan fingerprint density at radius 1 is 1.00 bits per heavy atom.